The lowest BCUT2D eigenvalue weighted by Crippen LogP contribution is -2.58. The van der Waals surface area contributed by atoms with Crippen molar-refractivity contribution in [2.24, 2.45) is 0 Å². The Morgan fingerprint density at radius 3 is 2.12 bits per heavy atom. The Balaban J connectivity index is 1.52. The van der Waals surface area contributed by atoms with E-state index >= 15 is 0 Å². The molecule has 2 aromatic rings. The first kappa shape index (κ1) is 30.0. The van der Waals surface area contributed by atoms with Crippen molar-refractivity contribution in [2.45, 2.75) is 89.8 Å². The summed E-state index contributed by atoms with van der Waals surface area (Å²) in [5.41, 5.74) is 2.24. The summed E-state index contributed by atoms with van der Waals surface area (Å²) in [5, 5.41) is 12.4. The largest absolute Gasteiger partial charge is 0.480 e. The van der Waals surface area contributed by atoms with Crippen molar-refractivity contribution >= 4 is 23.9 Å². The summed E-state index contributed by atoms with van der Waals surface area (Å²) in [4.78, 5) is 52.6. The van der Waals surface area contributed by atoms with Crippen LogP contribution < -0.4 is 5.32 Å². The van der Waals surface area contributed by atoms with Crippen molar-refractivity contribution in [2.75, 3.05) is 6.61 Å². The second-order valence-corrected chi connectivity index (χ2v) is 11.9. The fraction of sp³-hybridized carbons (Fsp3) is 0.484. The summed E-state index contributed by atoms with van der Waals surface area (Å²) < 4.78 is 16.8. The summed E-state index contributed by atoms with van der Waals surface area (Å²) in [7, 11) is 0. The molecule has 10 nitrogen and oxygen atoms in total. The predicted octanol–water partition coefficient (Wildman–Crippen LogP) is 4.45. The van der Waals surface area contributed by atoms with Gasteiger partial charge in [0, 0.05) is 12.3 Å². The molecule has 3 atom stereocenters. The highest BCUT2D eigenvalue weighted by Gasteiger charge is 2.53. The number of hydrogen-bond donors (Lipinski definition) is 2. The molecule has 0 bridgehead atoms. The third-order valence-electron chi connectivity index (χ3n) is 7.26. The van der Waals surface area contributed by atoms with E-state index in [2.05, 4.69) is 5.32 Å². The standard InChI is InChI=1S/C31H38N2O8/c1-18-26(28(36)37)33(31(5,6)40-18)27(35)24(15-16-25(34)41-30(2,3)4)32-29(38)39-17-23-21-13-9-7-11-19(21)20-12-8-10-14-22(20)23/h7-14,18,23-24,26H,15-17H2,1-6H3,(H,32,38)(H,36,37)/t18-,24+,26+/m1/s1. The number of amides is 2. The number of rotatable bonds is 8. The Hall–Kier alpha value is -3.92. The van der Waals surface area contributed by atoms with Crippen LogP contribution in [0.25, 0.3) is 11.1 Å². The van der Waals surface area contributed by atoms with E-state index < -0.39 is 53.5 Å². The number of nitrogens with zero attached hydrogens (tertiary/aromatic N) is 1. The first-order chi connectivity index (χ1) is 19.2. The van der Waals surface area contributed by atoms with Crippen LogP contribution in [-0.4, -0.2) is 70.1 Å². The molecule has 0 saturated carbocycles. The molecule has 2 aromatic carbocycles. The van der Waals surface area contributed by atoms with E-state index in [1.165, 1.54) is 0 Å². The van der Waals surface area contributed by atoms with Gasteiger partial charge in [0.15, 0.2) is 6.04 Å². The van der Waals surface area contributed by atoms with Gasteiger partial charge < -0.3 is 24.6 Å². The van der Waals surface area contributed by atoms with Gasteiger partial charge in [0.05, 0.1) is 6.10 Å². The van der Waals surface area contributed by atoms with Crippen molar-refractivity contribution in [1.82, 2.24) is 10.2 Å². The SMILES string of the molecule is C[C@H]1OC(C)(C)N(C(=O)[C@H](CCC(=O)OC(C)(C)C)NC(=O)OCC2c3ccccc3-c3ccccc32)[C@@H]1C(=O)O. The number of benzene rings is 2. The first-order valence-corrected chi connectivity index (χ1v) is 13.8. The lowest BCUT2D eigenvalue weighted by Gasteiger charge is -2.35. The molecule has 0 spiro atoms. The number of alkyl carbamates (subject to hydrolysis) is 1. The van der Waals surface area contributed by atoms with Crippen LogP contribution in [0.5, 0.6) is 0 Å². The van der Waals surface area contributed by atoms with Crippen molar-refractivity contribution in [1.29, 1.82) is 0 Å². The van der Waals surface area contributed by atoms with E-state index in [0.717, 1.165) is 27.2 Å². The van der Waals surface area contributed by atoms with Gasteiger partial charge in [-0.05, 0) is 70.2 Å². The zero-order chi connectivity index (χ0) is 30.1. The molecular weight excluding hydrogens is 528 g/mol. The lowest BCUT2D eigenvalue weighted by molar-refractivity contribution is -0.158. The molecule has 1 aliphatic carbocycles. The fourth-order valence-corrected chi connectivity index (χ4v) is 5.70. The van der Waals surface area contributed by atoms with Crippen LogP contribution in [0.4, 0.5) is 4.79 Å². The Morgan fingerprint density at radius 1 is 1.02 bits per heavy atom. The highest BCUT2D eigenvalue weighted by molar-refractivity contribution is 5.91. The number of carbonyl (C=O) groups is 4. The van der Waals surface area contributed by atoms with Gasteiger partial charge >= 0.3 is 18.0 Å². The average molecular weight is 567 g/mol. The minimum Gasteiger partial charge on any atom is -0.480 e. The zero-order valence-corrected chi connectivity index (χ0v) is 24.3. The zero-order valence-electron chi connectivity index (χ0n) is 24.3. The number of fused-ring (bicyclic) bond motifs is 3. The number of carbonyl (C=O) groups excluding carboxylic acids is 3. The Labute approximate surface area is 240 Å². The van der Waals surface area contributed by atoms with Gasteiger partial charge in [0.1, 0.15) is 24.0 Å². The van der Waals surface area contributed by atoms with Crippen LogP contribution in [0.1, 0.15) is 71.4 Å². The minimum atomic E-state index is -1.27. The number of esters is 1. The molecule has 0 unspecified atom stereocenters. The molecule has 41 heavy (non-hydrogen) atoms. The maximum atomic E-state index is 13.8. The van der Waals surface area contributed by atoms with E-state index in [0.29, 0.717) is 0 Å². The monoisotopic (exact) mass is 566 g/mol. The Kier molecular flexibility index (Phi) is 8.44. The summed E-state index contributed by atoms with van der Waals surface area (Å²) in [6.07, 6.45) is -1.94. The van der Waals surface area contributed by atoms with Crippen LogP contribution in [0.15, 0.2) is 48.5 Å². The van der Waals surface area contributed by atoms with Crippen molar-refractivity contribution < 1.29 is 38.5 Å². The molecular formula is C31H38N2O8. The molecule has 2 aliphatic rings. The summed E-state index contributed by atoms with van der Waals surface area (Å²) in [6, 6.07) is 13.3. The van der Waals surface area contributed by atoms with Crippen LogP contribution in [0.3, 0.4) is 0 Å². The van der Waals surface area contributed by atoms with E-state index in [1.807, 2.05) is 48.5 Å². The van der Waals surface area contributed by atoms with E-state index in [9.17, 15) is 24.3 Å². The third-order valence-corrected chi connectivity index (χ3v) is 7.26. The quantitative estimate of drug-likeness (QED) is 0.448. The van der Waals surface area contributed by atoms with Gasteiger partial charge in [-0.1, -0.05) is 48.5 Å². The smallest absolute Gasteiger partial charge is 0.407 e. The van der Waals surface area contributed by atoms with Gasteiger partial charge in [-0.3, -0.25) is 14.5 Å². The number of nitrogens with one attached hydrogen (secondary N) is 1. The Bertz CT molecular complexity index is 1290. The summed E-state index contributed by atoms with van der Waals surface area (Å²) in [5.74, 6) is -2.66. The number of carboxylic acid groups (broad SMARTS) is 1. The molecule has 0 radical (unpaired) electrons. The van der Waals surface area contributed by atoms with E-state index in [4.69, 9.17) is 14.2 Å². The minimum absolute atomic E-state index is 0.0277. The molecule has 1 fully saturated rings. The van der Waals surface area contributed by atoms with Crippen molar-refractivity contribution in [3.05, 3.63) is 59.7 Å². The summed E-state index contributed by atoms with van der Waals surface area (Å²) in [6.45, 7) is 9.95. The topological polar surface area (TPSA) is 131 Å². The molecule has 10 heteroatoms. The highest BCUT2D eigenvalue weighted by atomic mass is 16.6. The normalized spacial score (nSPS) is 20.1. The number of carboxylic acids is 1. The van der Waals surface area contributed by atoms with Crippen molar-refractivity contribution in [3.8, 4) is 11.1 Å². The van der Waals surface area contributed by atoms with Crippen LogP contribution in [0, 0.1) is 0 Å². The van der Waals surface area contributed by atoms with Crippen molar-refractivity contribution in [3.63, 3.8) is 0 Å². The molecule has 4 rings (SSSR count). The van der Waals surface area contributed by atoms with Gasteiger partial charge in [0.2, 0.25) is 5.91 Å². The molecule has 220 valence electrons. The second-order valence-electron chi connectivity index (χ2n) is 11.9. The highest BCUT2D eigenvalue weighted by Crippen LogP contribution is 2.44. The molecule has 2 amide bonds. The van der Waals surface area contributed by atoms with Gasteiger partial charge in [0.25, 0.3) is 0 Å². The molecule has 2 N–H and O–H groups in total. The van der Waals surface area contributed by atoms with Gasteiger partial charge in [-0.2, -0.15) is 0 Å². The maximum Gasteiger partial charge on any atom is 0.407 e. The molecule has 1 heterocycles. The Morgan fingerprint density at radius 2 is 1.59 bits per heavy atom. The first-order valence-electron chi connectivity index (χ1n) is 13.8. The van der Waals surface area contributed by atoms with E-state index in [-0.39, 0.29) is 25.4 Å². The van der Waals surface area contributed by atoms with Gasteiger partial charge in [-0.25, -0.2) is 9.59 Å². The average Bonchev–Trinajstić information content (AvgIpc) is 3.33. The number of ether oxygens (including phenoxy) is 3. The molecule has 0 aromatic heterocycles. The molecule has 1 aliphatic heterocycles. The van der Waals surface area contributed by atoms with E-state index in [1.54, 1.807) is 41.5 Å². The van der Waals surface area contributed by atoms with Crippen LogP contribution in [0.2, 0.25) is 0 Å². The number of aliphatic carboxylic acids is 1. The van der Waals surface area contributed by atoms with Gasteiger partial charge in [-0.15, -0.1) is 0 Å². The predicted molar refractivity (Wildman–Crippen MR) is 150 cm³/mol. The second kappa shape index (κ2) is 11.5. The number of hydrogen-bond acceptors (Lipinski definition) is 7. The maximum absolute atomic E-state index is 13.8. The van der Waals surface area contributed by atoms with Crippen LogP contribution >= 0.6 is 0 Å². The van der Waals surface area contributed by atoms with Crippen LogP contribution in [-0.2, 0) is 28.6 Å². The summed E-state index contributed by atoms with van der Waals surface area (Å²) >= 11 is 0. The fourth-order valence-electron chi connectivity index (χ4n) is 5.70. The molecule has 1 saturated heterocycles. The third kappa shape index (κ3) is 6.53. The lowest BCUT2D eigenvalue weighted by atomic mass is 9.98.